The molecule has 0 saturated heterocycles. The fourth-order valence-corrected chi connectivity index (χ4v) is 2.09. The molecule has 1 aromatic rings. The first-order valence-electron chi connectivity index (χ1n) is 5.77. The lowest BCUT2D eigenvalue weighted by molar-refractivity contribution is 0.718. The van der Waals surface area contributed by atoms with Gasteiger partial charge in [-0.2, -0.15) is 0 Å². The van der Waals surface area contributed by atoms with Crippen LogP contribution in [0.2, 0.25) is 0 Å². The van der Waals surface area contributed by atoms with Gasteiger partial charge < -0.3 is 5.32 Å². The zero-order valence-corrected chi connectivity index (χ0v) is 10.9. The highest BCUT2D eigenvalue weighted by Crippen LogP contribution is 2.25. The second kappa shape index (κ2) is 4.80. The van der Waals surface area contributed by atoms with Crippen LogP contribution in [0.15, 0.2) is 0 Å². The van der Waals surface area contributed by atoms with Crippen LogP contribution in [0.4, 0.5) is 0 Å². The summed E-state index contributed by atoms with van der Waals surface area (Å²) in [6, 6.07) is 0. The molecule has 0 aromatic heterocycles. The Labute approximate surface area is 93.9 Å². The van der Waals surface area contributed by atoms with Gasteiger partial charge in [0, 0.05) is 6.54 Å². The van der Waals surface area contributed by atoms with Gasteiger partial charge in [0.2, 0.25) is 0 Å². The zero-order valence-electron chi connectivity index (χ0n) is 10.9. The third-order valence-electron chi connectivity index (χ3n) is 3.71. The minimum atomic E-state index is 0.996. The zero-order chi connectivity index (χ0) is 11.6. The van der Waals surface area contributed by atoms with Crippen molar-refractivity contribution in [2.24, 2.45) is 0 Å². The van der Waals surface area contributed by atoms with Crippen LogP contribution in [0.5, 0.6) is 0 Å². The summed E-state index contributed by atoms with van der Waals surface area (Å²) in [5.74, 6) is 0. The molecule has 0 aliphatic carbocycles. The fourth-order valence-electron chi connectivity index (χ4n) is 2.09. The third-order valence-corrected chi connectivity index (χ3v) is 3.71. The molecular formula is C14H23N. The fraction of sp³-hybridized carbons (Fsp3) is 0.571. The van der Waals surface area contributed by atoms with Gasteiger partial charge >= 0.3 is 0 Å². The summed E-state index contributed by atoms with van der Waals surface area (Å²) < 4.78 is 0. The lowest BCUT2D eigenvalue weighted by Gasteiger charge is -2.18. The maximum absolute atomic E-state index is 3.42. The van der Waals surface area contributed by atoms with E-state index < -0.39 is 0 Å². The molecule has 1 N–H and O–H groups in total. The molecule has 0 saturated carbocycles. The molecule has 0 amide bonds. The molecule has 84 valence electrons. The molecule has 1 rings (SSSR count). The van der Waals surface area contributed by atoms with Crippen LogP contribution in [-0.2, 0) is 6.54 Å². The van der Waals surface area contributed by atoms with Crippen molar-refractivity contribution in [2.45, 2.75) is 48.1 Å². The van der Waals surface area contributed by atoms with E-state index in [2.05, 4.69) is 46.9 Å². The molecule has 0 radical (unpaired) electrons. The van der Waals surface area contributed by atoms with E-state index in [-0.39, 0.29) is 0 Å². The monoisotopic (exact) mass is 205 g/mol. The van der Waals surface area contributed by atoms with Crippen LogP contribution in [0, 0.1) is 34.6 Å². The minimum absolute atomic E-state index is 0.996. The highest BCUT2D eigenvalue weighted by Gasteiger charge is 2.11. The van der Waals surface area contributed by atoms with Crippen molar-refractivity contribution in [2.75, 3.05) is 6.54 Å². The van der Waals surface area contributed by atoms with E-state index in [0.717, 1.165) is 13.1 Å². The first-order valence-corrected chi connectivity index (χ1v) is 5.77. The molecule has 0 unspecified atom stereocenters. The molecule has 1 heteroatoms. The second-order valence-corrected chi connectivity index (χ2v) is 4.38. The van der Waals surface area contributed by atoms with Gasteiger partial charge in [-0.15, -0.1) is 0 Å². The van der Waals surface area contributed by atoms with Crippen LogP contribution >= 0.6 is 0 Å². The van der Waals surface area contributed by atoms with Crippen molar-refractivity contribution in [3.05, 3.63) is 33.4 Å². The van der Waals surface area contributed by atoms with E-state index >= 15 is 0 Å². The Morgan fingerprint density at radius 3 is 1.53 bits per heavy atom. The topological polar surface area (TPSA) is 12.0 Å². The van der Waals surface area contributed by atoms with Crippen LogP contribution in [0.25, 0.3) is 0 Å². The molecule has 1 nitrogen and oxygen atoms in total. The third kappa shape index (κ3) is 2.23. The van der Waals surface area contributed by atoms with Crippen molar-refractivity contribution >= 4 is 0 Å². The van der Waals surface area contributed by atoms with E-state index in [9.17, 15) is 0 Å². The summed E-state index contributed by atoms with van der Waals surface area (Å²) >= 11 is 0. The Morgan fingerprint density at radius 2 is 1.13 bits per heavy atom. The van der Waals surface area contributed by atoms with Crippen LogP contribution in [-0.4, -0.2) is 6.54 Å². The van der Waals surface area contributed by atoms with Crippen molar-refractivity contribution < 1.29 is 0 Å². The van der Waals surface area contributed by atoms with E-state index in [0.29, 0.717) is 0 Å². The Bertz CT molecular complexity index is 335. The predicted molar refractivity (Wildman–Crippen MR) is 67.5 cm³/mol. The smallest absolute Gasteiger partial charge is 0.0210 e. The number of hydrogen-bond acceptors (Lipinski definition) is 1. The van der Waals surface area contributed by atoms with Crippen LogP contribution < -0.4 is 5.32 Å². The van der Waals surface area contributed by atoms with Gasteiger partial charge in [0.15, 0.2) is 0 Å². The molecule has 0 aliphatic rings. The number of benzene rings is 1. The summed E-state index contributed by atoms with van der Waals surface area (Å²) in [6.07, 6.45) is 0. The summed E-state index contributed by atoms with van der Waals surface area (Å²) in [6.45, 7) is 15.3. The Hall–Kier alpha value is -0.820. The predicted octanol–water partition coefficient (Wildman–Crippen LogP) is 3.34. The number of nitrogens with one attached hydrogen (secondary N) is 1. The Morgan fingerprint density at radius 1 is 0.733 bits per heavy atom. The Kier molecular flexibility index (Phi) is 3.92. The standard InChI is InChI=1S/C14H23N/c1-7-15-8-14-12(5)10(3)9(2)11(4)13(14)6/h15H,7-8H2,1-6H3. The molecule has 15 heavy (non-hydrogen) atoms. The summed E-state index contributed by atoms with van der Waals surface area (Å²) in [7, 11) is 0. The normalized spacial score (nSPS) is 10.8. The van der Waals surface area contributed by atoms with Crippen LogP contribution in [0.1, 0.15) is 40.3 Å². The van der Waals surface area contributed by atoms with Gasteiger partial charge in [-0.1, -0.05) is 6.92 Å². The SMILES string of the molecule is CCNCc1c(C)c(C)c(C)c(C)c1C. The molecule has 1 aromatic carbocycles. The van der Waals surface area contributed by atoms with Gasteiger partial charge in [-0.3, -0.25) is 0 Å². The maximum atomic E-state index is 3.42. The quantitative estimate of drug-likeness (QED) is 0.798. The lowest BCUT2D eigenvalue weighted by atomic mass is 9.89. The van der Waals surface area contributed by atoms with Gasteiger partial charge in [-0.25, -0.2) is 0 Å². The molecule has 0 bridgehead atoms. The minimum Gasteiger partial charge on any atom is -0.313 e. The van der Waals surface area contributed by atoms with Crippen molar-refractivity contribution in [1.82, 2.24) is 5.32 Å². The molecule has 0 spiro atoms. The largest absolute Gasteiger partial charge is 0.313 e. The highest BCUT2D eigenvalue weighted by atomic mass is 14.8. The van der Waals surface area contributed by atoms with Gasteiger partial charge in [-0.05, 0) is 74.5 Å². The van der Waals surface area contributed by atoms with E-state index in [1.807, 2.05) is 0 Å². The Balaban J connectivity index is 3.26. The lowest BCUT2D eigenvalue weighted by Crippen LogP contribution is -2.15. The van der Waals surface area contributed by atoms with Crippen molar-refractivity contribution in [3.8, 4) is 0 Å². The van der Waals surface area contributed by atoms with Crippen LogP contribution in [0.3, 0.4) is 0 Å². The molecule has 0 fully saturated rings. The van der Waals surface area contributed by atoms with Crippen molar-refractivity contribution in [3.63, 3.8) is 0 Å². The van der Waals surface area contributed by atoms with Gasteiger partial charge in [0.05, 0.1) is 0 Å². The molecule has 0 heterocycles. The van der Waals surface area contributed by atoms with E-state index in [4.69, 9.17) is 0 Å². The van der Waals surface area contributed by atoms with E-state index in [1.54, 1.807) is 0 Å². The summed E-state index contributed by atoms with van der Waals surface area (Å²) in [5.41, 5.74) is 8.74. The average molecular weight is 205 g/mol. The second-order valence-electron chi connectivity index (χ2n) is 4.38. The van der Waals surface area contributed by atoms with E-state index in [1.165, 1.54) is 33.4 Å². The highest BCUT2D eigenvalue weighted by molar-refractivity contribution is 5.49. The molecule has 0 atom stereocenters. The first-order chi connectivity index (χ1) is 7.00. The van der Waals surface area contributed by atoms with Crippen molar-refractivity contribution in [1.29, 1.82) is 0 Å². The van der Waals surface area contributed by atoms with Gasteiger partial charge in [0.25, 0.3) is 0 Å². The summed E-state index contributed by atoms with van der Waals surface area (Å²) in [5, 5.41) is 3.42. The van der Waals surface area contributed by atoms with Gasteiger partial charge in [0.1, 0.15) is 0 Å². The number of hydrogen-bond donors (Lipinski definition) is 1. The average Bonchev–Trinajstić information content (AvgIpc) is 2.24. The maximum Gasteiger partial charge on any atom is 0.0210 e. The molecule has 0 aliphatic heterocycles. The first kappa shape index (κ1) is 12.3. The summed E-state index contributed by atoms with van der Waals surface area (Å²) in [4.78, 5) is 0. The molecular weight excluding hydrogens is 182 g/mol. The number of rotatable bonds is 3.